The molecule has 0 aliphatic rings. The molecule has 5 nitrogen and oxygen atoms in total. The molecule has 0 aliphatic heterocycles. The van der Waals surface area contributed by atoms with Crippen LogP contribution < -0.4 is 16.0 Å². The van der Waals surface area contributed by atoms with Crippen molar-refractivity contribution in [3.63, 3.8) is 0 Å². The molecule has 2 amide bonds. The Morgan fingerprint density at radius 2 is 1.88 bits per heavy atom. The lowest BCUT2D eigenvalue weighted by molar-refractivity contribution is -0.115. The average molecular weight is 398 g/mol. The topological polar surface area (TPSA) is 70.2 Å². The van der Waals surface area contributed by atoms with Crippen LogP contribution in [0.1, 0.15) is 28.9 Å². The summed E-state index contributed by atoms with van der Waals surface area (Å²) >= 11 is 11.8. The van der Waals surface area contributed by atoms with Crippen molar-refractivity contribution in [1.29, 1.82) is 0 Å². The minimum Gasteiger partial charge on any atom is -0.355 e. The molecule has 1 atom stereocenters. The summed E-state index contributed by atoms with van der Waals surface area (Å²) in [7, 11) is 1.53. The van der Waals surface area contributed by atoms with Gasteiger partial charge < -0.3 is 16.0 Å². The molecule has 0 unspecified atom stereocenters. The van der Waals surface area contributed by atoms with Crippen LogP contribution in [0.2, 0.25) is 10.0 Å². The average Bonchev–Trinajstić information content (AvgIpc) is 2.62. The predicted octanol–water partition coefficient (Wildman–Crippen LogP) is 3.78. The summed E-state index contributed by atoms with van der Waals surface area (Å²) in [4.78, 5) is 23.7. The summed E-state index contributed by atoms with van der Waals surface area (Å²) in [5.41, 5.74) is 1.44. The first kappa shape index (κ1) is 20.2. The van der Waals surface area contributed by atoms with Crippen LogP contribution in [0.5, 0.6) is 0 Å². The molecule has 0 radical (unpaired) electrons. The smallest absolute Gasteiger partial charge is 0.251 e. The van der Waals surface area contributed by atoms with Crippen molar-refractivity contribution in [2.45, 2.75) is 13.0 Å². The summed E-state index contributed by atoms with van der Waals surface area (Å²) in [6.07, 6.45) is 0. The van der Waals surface area contributed by atoms with Crippen LogP contribution in [0.3, 0.4) is 0 Å². The van der Waals surface area contributed by atoms with E-state index >= 15 is 0 Å². The molecule has 2 aromatic carbocycles. The molecular formula is C18H18Cl2FN3O2. The van der Waals surface area contributed by atoms with Gasteiger partial charge in [0.1, 0.15) is 5.82 Å². The Balaban J connectivity index is 1.97. The van der Waals surface area contributed by atoms with E-state index in [-0.39, 0.29) is 29.4 Å². The second-order valence-corrected chi connectivity index (χ2v) is 6.41. The fraction of sp³-hybridized carbons (Fsp3) is 0.222. The molecule has 8 heteroatoms. The van der Waals surface area contributed by atoms with E-state index < -0.39 is 5.82 Å². The molecule has 0 spiro atoms. The van der Waals surface area contributed by atoms with E-state index in [0.29, 0.717) is 21.8 Å². The number of carbonyl (C=O) groups is 2. The third kappa shape index (κ3) is 5.17. The van der Waals surface area contributed by atoms with Crippen molar-refractivity contribution >= 4 is 40.7 Å². The standard InChI is InChI=1S/C18H18Cl2FN3O2/c1-10(13-7-16(21)15(20)8-14(13)19)23-9-17(25)24-12-5-3-4-11(6-12)18(26)22-2/h3-8,10,23H,9H2,1-2H3,(H,22,26)(H,24,25)/t10-/m1/s1. The quantitative estimate of drug-likeness (QED) is 0.649. The number of hydrogen-bond donors (Lipinski definition) is 3. The molecule has 0 heterocycles. The monoisotopic (exact) mass is 397 g/mol. The third-order valence-corrected chi connectivity index (χ3v) is 4.33. The molecule has 3 N–H and O–H groups in total. The molecule has 2 aromatic rings. The molecule has 0 saturated heterocycles. The molecule has 2 rings (SSSR count). The van der Waals surface area contributed by atoms with Gasteiger partial charge in [0.15, 0.2) is 0 Å². The van der Waals surface area contributed by atoms with E-state index in [1.54, 1.807) is 31.2 Å². The highest BCUT2D eigenvalue weighted by Gasteiger charge is 2.14. The zero-order valence-corrected chi connectivity index (χ0v) is 15.7. The number of anilines is 1. The highest BCUT2D eigenvalue weighted by molar-refractivity contribution is 6.35. The number of rotatable bonds is 6. The van der Waals surface area contributed by atoms with Gasteiger partial charge in [-0.05, 0) is 42.8 Å². The Hall–Kier alpha value is -2.15. The maximum atomic E-state index is 13.6. The molecule has 0 bridgehead atoms. The first-order valence-electron chi connectivity index (χ1n) is 7.81. The van der Waals surface area contributed by atoms with Crippen LogP contribution in [0.4, 0.5) is 10.1 Å². The molecular weight excluding hydrogens is 380 g/mol. The zero-order chi connectivity index (χ0) is 19.3. The molecule has 0 aromatic heterocycles. The van der Waals surface area contributed by atoms with Crippen molar-refractivity contribution in [2.24, 2.45) is 0 Å². The van der Waals surface area contributed by atoms with Crippen LogP contribution in [-0.4, -0.2) is 25.4 Å². The van der Waals surface area contributed by atoms with Gasteiger partial charge in [0.2, 0.25) is 5.91 Å². The van der Waals surface area contributed by atoms with Crippen LogP contribution in [0.25, 0.3) is 0 Å². The second-order valence-electron chi connectivity index (χ2n) is 5.60. The SMILES string of the molecule is CNC(=O)c1cccc(NC(=O)CN[C@H](C)c2cc(F)c(Cl)cc2Cl)c1. The number of carbonyl (C=O) groups excluding carboxylic acids is 2. The number of benzene rings is 2. The highest BCUT2D eigenvalue weighted by atomic mass is 35.5. The lowest BCUT2D eigenvalue weighted by Crippen LogP contribution is -2.30. The second kappa shape index (κ2) is 8.98. The van der Waals surface area contributed by atoms with Crippen LogP contribution in [-0.2, 0) is 4.79 Å². The fourth-order valence-electron chi connectivity index (χ4n) is 2.31. The summed E-state index contributed by atoms with van der Waals surface area (Å²) in [6.45, 7) is 1.74. The summed E-state index contributed by atoms with van der Waals surface area (Å²) in [5.74, 6) is -1.13. The first-order chi connectivity index (χ1) is 12.3. The van der Waals surface area contributed by atoms with Gasteiger partial charge >= 0.3 is 0 Å². The third-order valence-electron chi connectivity index (χ3n) is 3.71. The van der Waals surface area contributed by atoms with Gasteiger partial charge in [-0.3, -0.25) is 9.59 Å². The van der Waals surface area contributed by atoms with E-state index in [2.05, 4.69) is 16.0 Å². The Labute approximate surface area is 160 Å². The van der Waals surface area contributed by atoms with Crippen LogP contribution >= 0.6 is 23.2 Å². The van der Waals surface area contributed by atoms with E-state index in [1.807, 2.05) is 0 Å². The summed E-state index contributed by atoms with van der Waals surface area (Å²) < 4.78 is 13.6. The maximum absolute atomic E-state index is 13.6. The van der Waals surface area contributed by atoms with Crippen molar-refractivity contribution in [2.75, 3.05) is 18.9 Å². The van der Waals surface area contributed by atoms with Gasteiger partial charge in [-0.1, -0.05) is 29.3 Å². The molecule has 26 heavy (non-hydrogen) atoms. The minimum atomic E-state index is -0.574. The summed E-state index contributed by atoms with van der Waals surface area (Å²) in [6, 6.07) is 8.78. The summed E-state index contributed by atoms with van der Waals surface area (Å²) in [5, 5.41) is 8.44. The number of amides is 2. The normalized spacial score (nSPS) is 11.7. The Kier molecular flexibility index (Phi) is 6.97. The Bertz CT molecular complexity index is 830. The molecule has 0 aliphatic carbocycles. The Morgan fingerprint density at radius 3 is 2.58 bits per heavy atom. The van der Waals surface area contributed by atoms with Gasteiger partial charge in [-0.15, -0.1) is 0 Å². The lowest BCUT2D eigenvalue weighted by Gasteiger charge is -2.16. The largest absolute Gasteiger partial charge is 0.355 e. The minimum absolute atomic E-state index is 0.0219. The number of nitrogens with one attached hydrogen (secondary N) is 3. The van der Waals surface area contributed by atoms with E-state index in [0.717, 1.165) is 0 Å². The van der Waals surface area contributed by atoms with Crippen molar-refractivity contribution in [3.05, 3.63) is 63.4 Å². The van der Waals surface area contributed by atoms with E-state index in [1.165, 1.54) is 19.2 Å². The fourth-order valence-corrected chi connectivity index (χ4v) is 2.86. The maximum Gasteiger partial charge on any atom is 0.251 e. The van der Waals surface area contributed by atoms with Crippen molar-refractivity contribution in [3.8, 4) is 0 Å². The van der Waals surface area contributed by atoms with Crippen LogP contribution in [0, 0.1) is 5.82 Å². The van der Waals surface area contributed by atoms with E-state index in [4.69, 9.17) is 23.2 Å². The van der Waals surface area contributed by atoms with E-state index in [9.17, 15) is 14.0 Å². The highest BCUT2D eigenvalue weighted by Crippen LogP contribution is 2.28. The van der Waals surface area contributed by atoms with Crippen LogP contribution in [0.15, 0.2) is 36.4 Å². The van der Waals surface area contributed by atoms with Gasteiger partial charge in [-0.2, -0.15) is 0 Å². The van der Waals surface area contributed by atoms with Crippen molar-refractivity contribution < 1.29 is 14.0 Å². The van der Waals surface area contributed by atoms with Gasteiger partial charge in [0.05, 0.1) is 11.6 Å². The molecule has 138 valence electrons. The van der Waals surface area contributed by atoms with Gasteiger partial charge in [0.25, 0.3) is 5.91 Å². The van der Waals surface area contributed by atoms with Gasteiger partial charge in [0, 0.05) is 29.4 Å². The first-order valence-corrected chi connectivity index (χ1v) is 8.57. The van der Waals surface area contributed by atoms with Crippen molar-refractivity contribution in [1.82, 2.24) is 10.6 Å². The Morgan fingerprint density at radius 1 is 1.15 bits per heavy atom. The lowest BCUT2D eigenvalue weighted by atomic mass is 10.1. The number of hydrogen-bond acceptors (Lipinski definition) is 3. The van der Waals surface area contributed by atoms with Gasteiger partial charge in [-0.25, -0.2) is 4.39 Å². The zero-order valence-electron chi connectivity index (χ0n) is 14.2. The molecule has 0 saturated carbocycles. The predicted molar refractivity (Wildman–Crippen MR) is 101 cm³/mol. The number of halogens is 3. The molecule has 0 fully saturated rings.